The topological polar surface area (TPSA) is 0 Å². The third-order valence-corrected chi connectivity index (χ3v) is 7.02. The summed E-state index contributed by atoms with van der Waals surface area (Å²) in [5, 5.41) is 0. The second kappa shape index (κ2) is 6.47. The van der Waals surface area contributed by atoms with Gasteiger partial charge in [-0.15, -0.1) is 22.7 Å². The van der Waals surface area contributed by atoms with E-state index in [1.807, 2.05) is 0 Å². The summed E-state index contributed by atoms with van der Waals surface area (Å²) in [6.45, 7) is 3.07. The molecule has 0 saturated carbocycles. The van der Waals surface area contributed by atoms with Crippen molar-refractivity contribution in [3.05, 3.63) is 68.7 Å². The number of allylic oxidation sites excluding steroid dienone is 2. The van der Waals surface area contributed by atoms with Crippen LogP contribution in [0.2, 0.25) is 0 Å². The number of aryl methyl sites for hydroxylation is 2. The van der Waals surface area contributed by atoms with E-state index in [1.54, 1.807) is 37.3 Å². The van der Waals surface area contributed by atoms with Crippen molar-refractivity contribution in [2.45, 2.75) is 31.6 Å². The van der Waals surface area contributed by atoms with Crippen molar-refractivity contribution in [1.29, 1.82) is 0 Å². The third-order valence-electron chi connectivity index (χ3n) is 4.90. The number of hydrogen-bond donors (Lipinski definition) is 0. The van der Waals surface area contributed by atoms with Gasteiger partial charge in [0.15, 0.2) is 0 Å². The number of hydrogen-bond acceptors (Lipinski definition) is 2. The molecule has 29 heavy (non-hydrogen) atoms. The van der Waals surface area contributed by atoms with E-state index in [1.165, 1.54) is 25.1 Å². The Bertz CT molecular complexity index is 1110. The predicted molar refractivity (Wildman–Crippen MR) is 105 cm³/mol. The Morgan fingerprint density at radius 1 is 0.690 bits per heavy atom. The molecular weight excluding hydrogens is 430 g/mol. The summed E-state index contributed by atoms with van der Waals surface area (Å²) in [5.74, 6) is -15.5. The molecule has 8 heteroatoms. The molecule has 0 unspecified atom stereocenters. The van der Waals surface area contributed by atoms with Gasteiger partial charge in [0.25, 0.3) is 0 Å². The van der Waals surface area contributed by atoms with Crippen LogP contribution in [0.4, 0.5) is 26.3 Å². The van der Waals surface area contributed by atoms with Crippen LogP contribution < -0.4 is 0 Å². The van der Waals surface area contributed by atoms with Crippen molar-refractivity contribution < 1.29 is 26.3 Å². The second-order valence-corrected chi connectivity index (χ2v) is 9.37. The molecule has 0 aliphatic heterocycles. The molecule has 0 saturated heterocycles. The number of thiophene rings is 2. The Balaban J connectivity index is 2.02. The monoisotopic (exact) mass is 444 g/mol. The van der Waals surface area contributed by atoms with E-state index in [-0.39, 0.29) is 15.3 Å². The van der Waals surface area contributed by atoms with Crippen LogP contribution in [-0.2, 0) is 0 Å². The van der Waals surface area contributed by atoms with E-state index >= 15 is 0 Å². The van der Waals surface area contributed by atoms with Crippen LogP contribution in [-0.4, -0.2) is 17.8 Å². The Hall–Kier alpha value is -2.06. The van der Waals surface area contributed by atoms with Crippen LogP contribution in [0.5, 0.6) is 0 Å². The molecule has 1 aliphatic rings. The zero-order chi connectivity index (χ0) is 21.2. The average molecular weight is 444 g/mol. The Labute approximate surface area is 171 Å². The molecular formula is C21H14F6S2. The third kappa shape index (κ3) is 2.79. The zero-order valence-electron chi connectivity index (χ0n) is 15.2. The minimum absolute atomic E-state index is 0.267. The van der Waals surface area contributed by atoms with E-state index in [4.69, 9.17) is 0 Å². The van der Waals surface area contributed by atoms with Gasteiger partial charge >= 0.3 is 17.8 Å². The van der Waals surface area contributed by atoms with Crippen molar-refractivity contribution in [2.24, 2.45) is 0 Å². The van der Waals surface area contributed by atoms with Gasteiger partial charge in [-0.25, -0.2) is 0 Å². The predicted octanol–water partition coefficient (Wildman–Crippen LogP) is 7.92. The summed E-state index contributed by atoms with van der Waals surface area (Å²) in [5.41, 5.74) is -2.14. The van der Waals surface area contributed by atoms with E-state index in [0.29, 0.717) is 15.3 Å². The second-order valence-electron chi connectivity index (χ2n) is 6.83. The molecule has 2 aromatic heterocycles. The fraction of sp³-hybridized carbons (Fsp3) is 0.238. The van der Waals surface area contributed by atoms with Crippen LogP contribution >= 0.6 is 22.7 Å². The van der Waals surface area contributed by atoms with E-state index < -0.39 is 28.9 Å². The summed E-state index contributed by atoms with van der Waals surface area (Å²) in [6.07, 6.45) is 0. The van der Waals surface area contributed by atoms with Crippen LogP contribution in [0.15, 0.2) is 48.5 Å². The molecule has 152 valence electrons. The smallest absolute Gasteiger partial charge is 0.194 e. The molecule has 3 aromatic rings. The first-order chi connectivity index (χ1) is 13.5. The normalized spacial score (nSPS) is 19.7. The lowest BCUT2D eigenvalue weighted by Crippen LogP contribution is -2.48. The van der Waals surface area contributed by atoms with Gasteiger partial charge in [-0.3, -0.25) is 0 Å². The number of alkyl halides is 6. The molecule has 0 radical (unpaired) electrons. The Morgan fingerprint density at radius 2 is 1.31 bits per heavy atom. The highest BCUT2D eigenvalue weighted by Crippen LogP contribution is 2.65. The molecule has 0 nitrogen and oxygen atoms in total. The largest absolute Gasteiger partial charge is 0.380 e. The molecule has 1 aliphatic carbocycles. The Morgan fingerprint density at radius 3 is 1.90 bits per heavy atom. The van der Waals surface area contributed by atoms with Gasteiger partial charge in [0.1, 0.15) is 0 Å². The van der Waals surface area contributed by atoms with Crippen LogP contribution in [0.1, 0.15) is 20.2 Å². The molecule has 1 aromatic carbocycles. The first-order valence-corrected chi connectivity index (χ1v) is 10.2. The van der Waals surface area contributed by atoms with Crippen molar-refractivity contribution in [2.75, 3.05) is 0 Å². The van der Waals surface area contributed by atoms with E-state index in [0.717, 1.165) is 22.7 Å². The van der Waals surface area contributed by atoms with Crippen molar-refractivity contribution >= 4 is 33.8 Å². The highest BCUT2D eigenvalue weighted by molar-refractivity contribution is 7.15. The van der Waals surface area contributed by atoms with Gasteiger partial charge in [-0.05, 0) is 43.2 Å². The first-order valence-electron chi connectivity index (χ1n) is 8.60. The summed E-state index contributed by atoms with van der Waals surface area (Å²) < 4.78 is 87.7. The quantitative estimate of drug-likeness (QED) is 0.360. The maximum atomic E-state index is 14.8. The van der Waals surface area contributed by atoms with E-state index in [9.17, 15) is 26.3 Å². The van der Waals surface area contributed by atoms with Crippen LogP contribution in [0, 0.1) is 13.8 Å². The zero-order valence-corrected chi connectivity index (χ0v) is 16.8. The fourth-order valence-electron chi connectivity index (χ4n) is 3.45. The minimum Gasteiger partial charge on any atom is -0.194 e. The van der Waals surface area contributed by atoms with Crippen LogP contribution in [0.25, 0.3) is 21.6 Å². The number of rotatable bonds is 3. The molecule has 2 heterocycles. The van der Waals surface area contributed by atoms with Crippen molar-refractivity contribution in [1.82, 2.24) is 0 Å². The number of halogens is 6. The summed E-state index contributed by atoms with van der Waals surface area (Å²) in [4.78, 5) is 1.11. The average Bonchev–Trinajstić information content (AvgIpc) is 3.27. The fourth-order valence-corrected chi connectivity index (χ4v) is 5.43. The molecule has 0 spiro atoms. The summed E-state index contributed by atoms with van der Waals surface area (Å²) in [7, 11) is 0. The van der Waals surface area contributed by atoms with Crippen molar-refractivity contribution in [3.63, 3.8) is 0 Å². The maximum absolute atomic E-state index is 14.8. The first kappa shape index (κ1) is 20.2. The molecule has 0 bridgehead atoms. The lowest BCUT2D eigenvalue weighted by atomic mass is 9.98. The maximum Gasteiger partial charge on any atom is 0.380 e. The number of benzene rings is 1. The van der Waals surface area contributed by atoms with E-state index in [2.05, 4.69) is 0 Å². The van der Waals surface area contributed by atoms with Crippen LogP contribution in [0.3, 0.4) is 0 Å². The Kier molecular flexibility index (Phi) is 4.51. The molecule has 0 N–H and O–H groups in total. The lowest BCUT2D eigenvalue weighted by Gasteiger charge is -2.25. The van der Waals surface area contributed by atoms with Gasteiger partial charge in [-0.2, -0.15) is 26.3 Å². The van der Waals surface area contributed by atoms with Crippen molar-refractivity contribution in [3.8, 4) is 10.4 Å². The standard InChI is InChI=1S/C21H14F6S2/c1-11-8-9-15(28-11)18-17(19(22,23)21(26,27)20(18,24)25)14-10-16(29-12(14)2)13-6-4-3-5-7-13/h3-10H,1-2H3. The van der Waals surface area contributed by atoms with Gasteiger partial charge < -0.3 is 0 Å². The van der Waals surface area contributed by atoms with Gasteiger partial charge in [0, 0.05) is 25.1 Å². The lowest BCUT2D eigenvalue weighted by molar-refractivity contribution is -0.254. The van der Waals surface area contributed by atoms with Gasteiger partial charge in [0.2, 0.25) is 0 Å². The summed E-state index contributed by atoms with van der Waals surface area (Å²) in [6, 6.07) is 12.7. The van der Waals surface area contributed by atoms with Gasteiger partial charge in [-0.1, -0.05) is 30.3 Å². The highest BCUT2D eigenvalue weighted by Gasteiger charge is 2.80. The van der Waals surface area contributed by atoms with Gasteiger partial charge in [0.05, 0.1) is 5.57 Å². The molecule has 0 amide bonds. The minimum atomic E-state index is -5.52. The molecule has 0 atom stereocenters. The SMILES string of the molecule is Cc1ccc(C2=C(c3cc(-c4ccccc4)sc3C)C(F)(F)C(F)(F)C2(F)F)s1. The molecule has 0 fully saturated rings. The molecule has 4 rings (SSSR count). The highest BCUT2D eigenvalue weighted by atomic mass is 32.1. The summed E-state index contributed by atoms with van der Waals surface area (Å²) >= 11 is 1.90.